The topological polar surface area (TPSA) is 119 Å². The third kappa shape index (κ3) is 4.66. The summed E-state index contributed by atoms with van der Waals surface area (Å²) in [6, 6.07) is 1.68. The van der Waals surface area contributed by atoms with Gasteiger partial charge in [0, 0.05) is 6.07 Å². The van der Waals surface area contributed by atoms with Gasteiger partial charge in [0.2, 0.25) is 5.40 Å². The van der Waals surface area contributed by atoms with Gasteiger partial charge in [-0.2, -0.15) is 13.2 Å². The first-order valence-electron chi connectivity index (χ1n) is 4.98. The van der Waals surface area contributed by atoms with Gasteiger partial charge in [-0.05, 0) is 6.07 Å². The first-order valence-corrected chi connectivity index (χ1v) is 8.35. The number of halogens is 3. The molecule has 0 saturated heterocycles. The summed E-state index contributed by atoms with van der Waals surface area (Å²) in [4.78, 5) is 35.5. The highest BCUT2D eigenvalue weighted by Gasteiger charge is 2.46. The summed E-state index contributed by atoms with van der Waals surface area (Å²) in [6.07, 6.45) is -3.14. The molecule has 0 unspecified atom stereocenters. The van der Waals surface area contributed by atoms with Crippen LogP contribution >= 0.6 is 15.2 Å². The van der Waals surface area contributed by atoms with E-state index in [2.05, 4.69) is 0 Å². The van der Waals surface area contributed by atoms with Crippen molar-refractivity contribution >= 4 is 15.2 Å². The molecule has 7 nitrogen and oxygen atoms in total. The molecule has 1 aromatic heterocycles. The van der Waals surface area contributed by atoms with Crippen LogP contribution < -0.4 is 4.57 Å². The molecule has 114 valence electrons. The summed E-state index contributed by atoms with van der Waals surface area (Å²) < 4.78 is 60.1. The molecule has 4 N–H and O–H groups in total. The Morgan fingerprint density at radius 2 is 1.65 bits per heavy atom. The molecule has 20 heavy (non-hydrogen) atoms. The summed E-state index contributed by atoms with van der Waals surface area (Å²) in [7, 11) is -10.4. The fraction of sp³-hybridized carbons (Fsp3) is 0.375. The van der Waals surface area contributed by atoms with Gasteiger partial charge < -0.3 is 19.6 Å². The van der Waals surface area contributed by atoms with Crippen LogP contribution in [0.15, 0.2) is 24.5 Å². The van der Waals surface area contributed by atoms with E-state index in [4.69, 9.17) is 19.6 Å². The molecule has 0 aliphatic rings. The van der Waals surface area contributed by atoms with Crippen molar-refractivity contribution in [3.63, 3.8) is 0 Å². The molecule has 0 radical (unpaired) electrons. The normalized spacial score (nSPS) is 13.8. The predicted molar refractivity (Wildman–Crippen MR) is 59.5 cm³/mol. The lowest BCUT2D eigenvalue weighted by atomic mass is 10.3. The standard InChI is InChI=1S/C8H10F3NO6P2/c9-8(10,11)6-2-1-3-12(4-6)5-7(19(13,14)15)20(16,17)18/h1-4,7H,5H2,(H3-,13,14,15,16,17,18)/p+1. The molecule has 0 saturated carbocycles. The van der Waals surface area contributed by atoms with Gasteiger partial charge in [-0.25, -0.2) is 4.57 Å². The second-order valence-electron chi connectivity index (χ2n) is 3.95. The number of hydrogen-bond acceptors (Lipinski definition) is 2. The van der Waals surface area contributed by atoms with E-state index in [1.807, 2.05) is 0 Å². The highest BCUT2D eigenvalue weighted by atomic mass is 31.2. The predicted octanol–water partition coefficient (Wildman–Crippen LogP) is 0.674. The van der Waals surface area contributed by atoms with E-state index in [0.717, 1.165) is 18.3 Å². The van der Waals surface area contributed by atoms with Crippen LogP contribution in [0.2, 0.25) is 0 Å². The molecule has 0 amide bonds. The first kappa shape index (κ1) is 17.3. The zero-order chi connectivity index (χ0) is 15.8. The van der Waals surface area contributed by atoms with Crippen LogP contribution in [0.1, 0.15) is 5.56 Å². The second kappa shape index (κ2) is 5.55. The summed E-state index contributed by atoms with van der Waals surface area (Å²) in [5, 5.41) is -2.40. The van der Waals surface area contributed by atoms with E-state index < -0.39 is 38.9 Å². The molecule has 0 bridgehead atoms. The number of alkyl halides is 3. The Bertz CT molecular complexity index is 558. The van der Waals surface area contributed by atoms with Crippen molar-refractivity contribution in [2.75, 3.05) is 0 Å². The summed E-state index contributed by atoms with van der Waals surface area (Å²) >= 11 is 0. The summed E-state index contributed by atoms with van der Waals surface area (Å²) in [6.45, 7) is -0.946. The Labute approximate surface area is 111 Å². The Hall–Kier alpha value is -0.760. The van der Waals surface area contributed by atoms with Crippen LogP contribution in [0.25, 0.3) is 0 Å². The van der Waals surface area contributed by atoms with Gasteiger partial charge >= 0.3 is 21.4 Å². The van der Waals surface area contributed by atoms with Crippen molar-refractivity contribution in [2.24, 2.45) is 0 Å². The number of rotatable bonds is 4. The summed E-state index contributed by atoms with van der Waals surface area (Å²) in [5.41, 5.74) is -1.10. The number of nitrogens with zero attached hydrogens (tertiary/aromatic N) is 1. The van der Waals surface area contributed by atoms with Crippen molar-refractivity contribution in [3.8, 4) is 0 Å². The van der Waals surface area contributed by atoms with Crippen molar-refractivity contribution in [1.82, 2.24) is 0 Å². The van der Waals surface area contributed by atoms with E-state index >= 15 is 0 Å². The van der Waals surface area contributed by atoms with Crippen LogP contribution in [0.3, 0.4) is 0 Å². The molecule has 0 aromatic carbocycles. The maximum Gasteiger partial charge on any atom is 0.422 e. The molecule has 0 aliphatic carbocycles. The smallest absolute Gasteiger partial charge is 0.324 e. The van der Waals surface area contributed by atoms with E-state index in [1.54, 1.807) is 0 Å². The molecule has 1 rings (SSSR count). The number of aromatic nitrogens is 1. The third-order valence-corrected chi connectivity index (χ3v) is 6.02. The maximum absolute atomic E-state index is 12.5. The highest BCUT2D eigenvalue weighted by molar-refractivity contribution is 7.70. The second-order valence-corrected chi connectivity index (χ2v) is 7.96. The lowest BCUT2D eigenvalue weighted by molar-refractivity contribution is -0.695. The zero-order valence-electron chi connectivity index (χ0n) is 9.67. The van der Waals surface area contributed by atoms with Gasteiger partial charge in [0.15, 0.2) is 18.9 Å². The van der Waals surface area contributed by atoms with Crippen LogP contribution in [0, 0.1) is 0 Å². The molecular formula is C8H11F3NO6P2+. The molecule has 0 spiro atoms. The maximum atomic E-state index is 12.5. The van der Waals surface area contributed by atoms with Gasteiger partial charge in [-0.1, -0.05) is 0 Å². The third-order valence-electron chi connectivity index (χ3n) is 2.34. The van der Waals surface area contributed by atoms with Crippen molar-refractivity contribution in [1.29, 1.82) is 0 Å². The van der Waals surface area contributed by atoms with E-state index in [0.29, 0.717) is 10.8 Å². The monoisotopic (exact) mass is 336 g/mol. The highest BCUT2D eigenvalue weighted by Crippen LogP contribution is 2.59. The summed E-state index contributed by atoms with van der Waals surface area (Å²) in [5.74, 6) is 0. The van der Waals surface area contributed by atoms with E-state index in [9.17, 15) is 22.3 Å². The van der Waals surface area contributed by atoms with E-state index in [1.165, 1.54) is 0 Å². The van der Waals surface area contributed by atoms with Gasteiger partial charge in [-0.3, -0.25) is 9.13 Å². The minimum atomic E-state index is -5.18. The van der Waals surface area contributed by atoms with E-state index in [-0.39, 0.29) is 0 Å². The van der Waals surface area contributed by atoms with Gasteiger partial charge in [0.05, 0.1) is 0 Å². The first-order chi connectivity index (χ1) is 8.82. The molecule has 12 heteroatoms. The van der Waals surface area contributed by atoms with Crippen LogP contribution in [0.4, 0.5) is 13.2 Å². The van der Waals surface area contributed by atoms with Gasteiger partial charge in [0.1, 0.15) is 5.56 Å². The van der Waals surface area contributed by atoms with Crippen LogP contribution in [-0.2, 0) is 21.9 Å². The number of pyridine rings is 1. The average molecular weight is 336 g/mol. The van der Waals surface area contributed by atoms with Crippen molar-refractivity contribution < 1.29 is 46.4 Å². The lowest BCUT2D eigenvalue weighted by Gasteiger charge is -2.16. The van der Waals surface area contributed by atoms with Crippen molar-refractivity contribution in [2.45, 2.75) is 18.1 Å². The van der Waals surface area contributed by atoms with Gasteiger partial charge in [-0.15, -0.1) is 0 Å². The number of hydrogen-bond donors (Lipinski definition) is 4. The van der Waals surface area contributed by atoms with Crippen LogP contribution in [0.5, 0.6) is 0 Å². The Kier molecular flexibility index (Phi) is 4.80. The molecule has 0 fully saturated rings. The minimum Gasteiger partial charge on any atom is -0.324 e. The minimum absolute atomic E-state index is 0.512. The molecular weight excluding hydrogens is 325 g/mol. The molecule has 1 heterocycles. The van der Waals surface area contributed by atoms with Crippen LogP contribution in [-0.4, -0.2) is 25.0 Å². The molecule has 0 aliphatic heterocycles. The van der Waals surface area contributed by atoms with Crippen molar-refractivity contribution in [3.05, 3.63) is 30.1 Å². The Morgan fingerprint density at radius 1 is 1.15 bits per heavy atom. The average Bonchev–Trinajstić information content (AvgIpc) is 2.22. The zero-order valence-corrected chi connectivity index (χ0v) is 11.5. The largest absolute Gasteiger partial charge is 0.422 e. The lowest BCUT2D eigenvalue weighted by Crippen LogP contribution is -2.40. The quantitative estimate of drug-likeness (QED) is 0.474. The Balaban J connectivity index is 3.14. The Morgan fingerprint density at radius 3 is 2.05 bits per heavy atom. The SMILES string of the molecule is O=P(O)(O)C(C[n+]1cccc(C(F)(F)F)c1)P(=O)(O)O. The van der Waals surface area contributed by atoms with Gasteiger partial charge in [0.25, 0.3) is 0 Å². The molecule has 0 atom stereocenters. The fourth-order valence-electron chi connectivity index (χ4n) is 1.40. The fourth-order valence-corrected chi connectivity index (χ4v) is 3.77. The molecule has 1 aromatic rings.